The maximum absolute atomic E-state index is 13.8. The Bertz CT molecular complexity index is 3990. The van der Waals surface area contributed by atoms with Gasteiger partial charge in [0, 0.05) is 98.9 Å². The number of carbonyl (C=O) groups is 7. The molecule has 3 aliphatic heterocycles. The number of aliphatic hydroxyl groups excluding tert-OH is 3. The molecule has 4 aliphatic carbocycles. The summed E-state index contributed by atoms with van der Waals surface area (Å²) in [7, 11) is 1.62. The smallest absolute Gasteiger partial charge is 0.409 e. The molecule has 7 aliphatic rings. The van der Waals surface area contributed by atoms with E-state index in [2.05, 4.69) is 29.5 Å². The predicted molar refractivity (Wildman–Crippen MR) is 353 cm³/mol. The van der Waals surface area contributed by atoms with Crippen LogP contribution in [-0.2, 0) is 59.5 Å². The number of carboxylic acids is 2. The molecule has 6 heterocycles. The van der Waals surface area contributed by atoms with Crippen molar-refractivity contribution in [1.29, 1.82) is 0 Å². The number of aromatic nitrogens is 4. The van der Waals surface area contributed by atoms with Gasteiger partial charge in [-0.15, -0.1) is 0 Å². The Morgan fingerprint density at radius 2 is 1.61 bits per heavy atom. The van der Waals surface area contributed by atoms with Crippen LogP contribution >= 0.6 is 11.3 Å². The first-order valence-corrected chi connectivity index (χ1v) is 33.7. The van der Waals surface area contributed by atoms with Gasteiger partial charge in [0.25, 0.3) is 17.7 Å². The largest absolute Gasteiger partial charge is 0.493 e. The Morgan fingerprint density at radius 3 is 2.36 bits per heavy atom. The van der Waals surface area contributed by atoms with Gasteiger partial charge in [-0.3, -0.25) is 34.1 Å². The molecule has 26 nitrogen and oxygen atoms in total. The zero-order chi connectivity index (χ0) is 68.6. The Morgan fingerprint density at radius 1 is 0.835 bits per heavy atom. The van der Waals surface area contributed by atoms with Crippen molar-refractivity contribution < 1.29 is 82.8 Å². The van der Waals surface area contributed by atoms with Crippen LogP contribution in [0.1, 0.15) is 128 Å². The zero-order valence-electron chi connectivity index (χ0n) is 54.6. The summed E-state index contributed by atoms with van der Waals surface area (Å²) in [5.41, 5.74) is 4.73. The van der Waals surface area contributed by atoms with Crippen LogP contribution in [0.3, 0.4) is 0 Å². The van der Waals surface area contributed by atoms with Gasteiger partial charge in [-0.25, -0.2) is 24.4 Å². The minimum absolute atomic E-state index is 0.0330. The third-order valence-corrected chi connectivity index (χ3v) is 20.6. The fourth-order valence-electron chi connectivity index (χ4n) is 16.3. The minimum Gasteiger partial charge on any atom is -0.493 e. The molecule has 2 unspecified atom stereocenters. The highest BCUT2D eigenvalue weighted by Gasteiger charge is 2.66. The van der Waals surface area contributed by atoms with Crippen LogP contribution in [0.25, 0.3) is 21.3 Å². The molecule has 97 heavy (non-hydrogen) atoms. The molecule has 0 radical (unpaired) electrons. The average molecular weight is 1350 g/mol. The highest BCUT2D eigenvalue weighted by atomic mass is 32.1. The first-order valence-electron chi connectivity index (χ1n) is 32.9. The fraction of sp³-hybridized carbons (Fsp3) is 0.486. The number of imide groups is 1. The fourth-order valence-corrected chi connectivity index (χ4v) is 17.2. The lowest BCUT2D eigenvalue weighted by molar-refractivity contribution is -0.274. The number of fused-ring (bicyclic) bond motifs is 2. The molecule has 7 N–H and O–H groups in total. The van der Waals surface area contributed by atoms with Crippen LogP contribution in [0.15, 0.2) is 91.1 Å². The highest BCUT2D eigenvalue weighted by molar-refractivity contribution is 7.22. The monoisotopic (exact) mass is 1350 g/mol. The summed E-state index contributed by atoms with van der Waals surface area (Å²) in [4.78, 5) is 103. The number of pyridine rings is 1. The molecule has 27 heteroatoms. The van der Waals surface area contributed by atoms with E-state index in [1.807, 2.05) is 65.0 Å². The maximum atomic E-state index is 13.8. The van der Waals surface area contributed by atoms with Crippen molar-refractivity contribution in [2.75, 3.05) is 56.7 Å². The first kappa shape index (κ1) is 68.1. The van der Waals surface area contributed by atoms with Gasteiger partial charge in [0.15, 0.2) is 29.3 Å². The molecule has 13 rings (SSSR count). The molecule has 7 atom stereocenters. The lowest BCUT2D eigenvalue weighted by atomic mass is 9.39. The number of amides is 5. The van der Waals surface area contributed by atoms with Crippen molar-refractivity contribution in [3.63, 3.8) is 0 Å². The number of ether oxygens (including phenoxy) is 5. The maximum Gasteiger partial charge on any atom is 0.409 e. The molecule has 6 aromatic rings. The van der Waals surface area contributed by atoms with E-state index >= 15 is 0 Å². The van der Waals surface area contributed by atoms with Crippen LogP contribution in [0.4, 0.5) is 15.7 Å². The second-order valence-corrected chi connectivity index (χ2v) is 28.6. The van der Waals surface area contributed by atoms with E-state index in [0.29, 0.717) is 84.9 Å². The van der Waals surface area contributed by atoms with Crippen molar-refractivity contribution in [3.05, 3.63) is 125 Å². The molecule has 514 valence electrons. The molecule has 4 bridgehead atoms. The van der Waals surface area contributed by atoms with Crippen LogP contribution < -0.4 is 25.0 Å². The summed E-state index contributed by atoms with van der Waals surface area (Å²) >= 11 is 1.41. The van der Waals surface area contributed by atoms with Gasteiger partial charge in [0.1, 0.15) is 36.1 Å². The van der Waals surface area contributed by atoms with Crippen LogP contribution in [0.2, 0.25) is 0 Å². The number of hydrogen-bond acceptors (Lipinski definition) is 20. The van der Waals surface area contributed by atoms with Gasteiger partial charge < -0.3 is 64.3 Å². The van der Waals surface area contributed by atoms with Gasteiger partial charge in [0.2, 0.25) is 5.91 Å². The lowest BCUT2D eigenvalue weighted by Crippen LogP contribution is -2.64. The quantitative estimate of drug-likeness (QED) is 0.0195. The number of carboxylic acid groups (broad SMARTS) is 2. The molecular formula is C70H81N9O17S. The summed E-state index contributed by atoms with van der Waals surface area (Å²) in [6.45, 7) is 8.97. The van der Waals surface area contributed by atoms with Gasteiger partial charge in [0.05, 0.1) is 35.2 Å². The van der Waals surface area contributed by atoms with Crippen molar-refractivity contribution in [2.24, 2.45) is 16.2 Å². The molecule has 5 amide bonds. The average Bonchev–Trinajstić information content (AvgIpc) is 0.955. The number of thiazole rings is 1. The Hall–Kier alpha value is -8.86. The predicted octanol–water partition coefficient (Wildman–Crippen LogP) is 7.42. The van der Waals surface area contributed by atoms with Crippen molar-refractivity contribution in [1.82, 2.24) is 34.9 Å². The standard InChI is InChI=1S/C70H81N9O17S/c1-41-47(45-19-20-52(74-56(45)62(86)87)77-26-23-42-12-10-13-46(48(42)32-77)61(85)75-65-73-49-14-7-8-15-51(49)97-65)31-72-79(41)40-69-35-67(2)34-68(3,36-69)38-70(37-67,39-69)94-29-27-76(4)66(91)93-33-43-17-18-44(95-60-58(84)57(83)59(63(88)89)96-64(60)90)30-50(43)92-28-11-24-71-53(80)16-6-5-9-25-78-54(81)21-22-55(78)82/h7-8,10,12-15,17-22,30-31,57-60,64,83-84,90H,5-6,9,11,16,23-29,32-40H2,1-4H3,(H,71,80)(H,86,87)(H,88,89)(H,73,75,85)/t57-,58-,59-,60+,64+,67?,68?,69?,70?/m0/s1. The Kier molecular flexibility index (Phi) is 19.6. The molecule has 3 aromatic heterocycles. The molecule has 5 fully saturated rings. The van der Waals surface area contributed by atoms with E-state index in [4.69, 9.17) is 33.8 Å². The molecule has 4 saturated carbocycles. The van der Waals surface area contributed by atoms with E-state index in [0.717, 1.165) is 70.5 Å². The number of nitrogens with zero attached hydrogens (tertiary/aromatic N) is 7. The number of benzene rings is 3. The summed E-state index contributed by atoms with van der Waals surface area (Å²) in [6, 6.07) is 21.5. The summed E-state index contributed by atoms with van der Waals surface area (Å²) in [6.07, 6.45) is 2.77. The highest BCUT2D eigenvalue weighted by Crippen LogP contribution is 2.72. The van der Waals surface area contributed by atoms with Crippen molar-refractivity contribution in [2.45, 2.75) is 154 Å². The third-order valence-electron chi connectivity index (χ3n) is 19.7. The Labute approximate surface area is 563 Å². The van der Waals surface area contributed by atoms with E-state index in [-0.39, 0.29) is 103 Å². The summed E-state index contributed by atoms with van der Waals surface area (Å²) in [5.74, 6) is -3.19. The second-order valence-electron chi connectivity index (χ2n) is 27.6. The normalized spacial score (nSPS) is 25.5. The van der Waals surface area contributed by atoms with Crippen molar-refractivity contribution >= 4 is 74.2 Å². The third kappa shape index (κ3) is 14.9. The number of anilines is 2. The van der Waals surface area contributed by atoms with Crippen LogP contribution in [-0.4, -0.2) is 179 Å². The van der Waals surface area contributed by atoms with Crippen LogP contribution in [0, 0.1) is 23.2 Å². The number of aliphatic carboxylic acids is 1. The van der Waals surface area contributed by atoms with Gasteiger partial charge in [-0.05, 0) is 141 Å². The van der Waals surface area contributed by atoms with E-state index in [9.17, 15) is 59.1 Å². The molecule has 3 aromatic carbocycles. The number of para-hydroxylation sites is 1. The zero-order valence-corrected chi connectivity index (χ0v) is 55.4. The molecule has 0 spiro atoms. The van der Waals surface area contributed by atoms with Gasteiger partial charge in [-0.2, -0.15) is 5.10 Å². The van der Waals surface area contributed by atoms with Gasteiger partial charge in [-0.1, -0.05) is 55.9 Å². The number of aromatic carboxylic acids is 1. The van der Waals surface area contributed by atoms with Crippen molar-refractivity contribution in [3.8, 4) is 22.6 Å². The molecular weight excluding hydrogens is 1270 g/mol. The second kappa shape index (κ2) is 27.9. The number of nitrogens with one attached hydrogen (secondary N) is 2. The topological polar surface area (TPSA) is 344 Å². The number of carbonyl (C=O) groups excluding carboxylic acids is 5. The summed E-state index contributed by atoms with van der Waals surface area (Å²) in [5, 5.41) is 63.3. The first-order chi connectivity index (χ1) is 46.4. The number of hydrogen-bond donors (Lipinski definition) is 7. The molecule has 1 saturated heterocycles. The summed E-state index contributed by atoms with van der Waals surface area (Å²) < 4.78 is 32.8. The number of likely N-dealkylation sites (N-methyl/N-ethyl adjacent to an activating group) is 1. The van der Waals surface area contributed by atoms with E-state index in [1.54, 1.807) is 25.4 Å². The minimum atomic E-state index is -1.93. The Balaban J connectivity index is 0.661. The van der Waals surface area contributed by atoms with Crippen LogP contribution in [0.5, 0.6) is 11.5 Å². The van der Waals surface area contributed by atoms with E-state index < -0.39 is 54.3 Å². The number of rotatable bonds is 27. The SMILES string of the molecule is Cc1c(-c2ccc(N3CCc4cccc(C(=O)Nc5nc6ccccc6s5)c4C3)nc2C(=O)O)cnn1CC12CC3(C)CC(C)(C1)CC(OCCN(C)C(=O)OCc1ccc(O[C@@H]4[C@@H](O)[C@H](O)[C@@H](C(=O)O)O[C@H]4O)cc1OCCCNC(=O)CCCCCN1C(=O)C=CC1=O)(C3)C2. The van der Waals surface area contributed by atoms with E-state index in [1.165, 1.54) is 40.5 Å². The number of unbranched alkanes of at least 4 members (excludes halogenated alkanes) is 2. The van der Waals surface area contributed by atoms with Gasteiger partial charge >= 0.3 is 18.0 Å². The number of aliphatic hydroxyl groups is 3. The lowest BCUT2D eigenvalue weighted by Gasteiger charge is -2.69.